The Morgan fingerprint density at radius 2 is 1.96 bits per heavy atom. The number of ketones is 1. The van der Waals surface area contributed by atoms with Gasteiger partial charge in [-0.2, -0.15) is 5.10 Å². The molecule has 0 spiro atoms. The van der Waals surface area contributed by atoms with Crippen molar-refractivity contribution in [3.8, 4) is 11.4 Å². The highest BCUT2D eigenvalue weighted by Crippen LogP contribution is 2.17. The van der Waals surface area contributed by atoms with E-state index >= 15 is 0 Å². The van der Waals surface area contributed by atoms with Gasteiger partial charge in [0.1, 0.15) is 11.6 Å². The van der Waals surface area contributed by atoms with Crippen molar-refractivity contribution in [2.75, 3.05) is 7.11 Å². The lowest BCUT2D eigenvalue weighted by Crippen LogP contribution is -2.01. The third kappa shape index (κ3) is 3.66. The molecule has 0 radical (unpaired) electrons. The van der Waals surface area contributed by atoms with E-state index in [0.717, 1.165) is 11.3 Å². The minimum Gasteiger partial charge on any atom is -0.497 e. The van der Waals surface area contributed by atoms with Crippen LogP contribution in [-0.4, -0.2) is 22.7 Å². The number of carbonyl (C=O) groups excluding carboxylic acids is 1. The number of rotatable bonds is 5. The van der Waals surface area contributed by atoms with Crippen molar-refractivity contribution in [3.63, 3.8) is 0 Å². The lowest BCUT2D eigenvalue weighted by molar-refractivity contribution is 0.104. The summed E-state index contributed by atoms with van der Waals surface area (Å²) in [6.45, 7) is 1.81. The SMILES string of the molecule is COc1cccc(C=CC(=O)c2cnn(-c3ccc(F)cc3)c2C)c1. The molecule has 0 atom stereocenters. The van der Waals surface area contributed by atoms with E-state index in [1.807, 2.05) is 31.2 Å². The van der Waals surface area contributed by atoms with Crippen molar-refractivity contribution in [2.45, 2.75) is 6.92 Å². The average Bonchev–Trinajstić information content (AvgIpc) is 3.02. The Morgan fingerprint density at radius 3 is 2.68 bits per heavy atom. The molecule has 3 rings (SSSR count). The first-order chi connectivity index (χ1) is 12.1. The van der Waals surface area contributed by atoms with Crippen LogP contribution in [0.3, 0.4) is 0 Å². The number of methoxy groups -OCH3 is 1. The lowest BCUT2D eigenvalue weighted by Gasteiger charge is -2.04. The summed E-state index contributed by atoms with van der Waals surface area (Å²) in [6.07, 6.45) is 4.77. The third-order valence-electron chi connectivity index (χ3n) is 3.87. The maximum Gasteiger partial charge on any atom is 0.189 e. The fraction of sp³-hybridized carbons (Fsp3) is 0.100. The molecule has 0 aliphatic rings. The van der Waals surface area contributed by atoms with E-state index in [2.05, 4.69) is 5.10 Å². The predicted molar refractivity (Wildman–Crippen MR) is 94.6 cm³/mol. The highest BCUT2D eigenvalue weighted by Gasteiger charge is 2.13. The fourth-order valence-corrected chi connectivity index (χ4v) is 2.50. The van der Waals surface area contributed by atoms with Gasteiger partial charge in [-0.25, -0.2) is 9.07 Å². The predicted octanol–water partition coefficient (Wildman–Crippen LogP) is 4.22. The van der Waals surface area contributed by atoms with Gasteiger partial charge in [-0.15, -0.1) is 0 Å². The summed E-state index contributed by atoms with van der Waals surface area (Å²) in [5, 5.41) is 4.24. The first-order valence-corrected chi connectivity index (χ1v) is 7.75. The molecular weight excluding hydrogens is 319 g/mol. The summed E-state index contributed by atoms with van der Waals surface area (Å²) < 4.78 is 19.8. The van der Waals surface area contributed by atoms with E-state index in [1.165, 1.54) is 24.4 Å². The van der Waals surface area contributed by atoms with E-state index in [4.69, 9.17) is 4.74 Å². The Kier molecular flexibility index (Phi) is 4.75. The molecule has 0 amide bonds. The van der Waals surface area contributed by atoms with E-state index in [-0.39, 0.29) is 11.6 Å². The Bertz CT molecular complexity index is 927. The van der Waals surface area contributed by atoms with Crippen molar-refractivity contribution >= 4 is 11.9 Å². The molecule has 5 heteroatoms. The van der Waals surface area contributed by atoms with Gasteiger partial charge >= 0.3 is 0 Å². The topological polar surface area (TPSA) is 44.1 Å². The molecule has 25 heavy (non-hydrogen) atoms. The minimum atomic E-state index is -0.314. The quantitative estimate of drug-likeness (QED) is 0.517. The van der Waals surface area contributed by atoms with Gasteiger partial charge < -0.3 is 4.74 Å². The van der Waals surface area contributed by atoms with E-state index in [9.17, 15) is 9.18 Å². The van der Waals surface area contributed by atoms with Crippen LogP contribution in [0.25, 0.3) is 11.8 Å². The van der Waals surface area contributed by atoms with Gasteiger partial charge in [0.05, 0.1) is 30.3 Å². The van der Waals surface area contributed by atoms with Gasteiger partial charge in [0.15, 0.2) is 5.78 Å². The third-order valence-corrected chi connectivity index (χ3v) is 3.87. The first kappa shape index (κ1) is 16.6. The van der Waals surface area contributed by atoms with Crippen molar-refractivity contribution < 1.29 is 13.9 Å². The lowest BCUT2D eigenvalue weighted by atomic mass is 10.1. The summed E-state index contributed by atoms with van der Waals surface area (Å²) >= 11 is 0. The van der Waals surface area contributed by atoms with Gasteiger partial charge in [0.25, 0.3) is 0 Å². The summed E-state index contributed by atoms with van der Waals surface area (Å²) in [4.78, 5) is 12.5. The molecule has 1 aromatic heterocycles. The number of allylic oxidation sites excluding steroid dienone is 1. The van der Waals surface area contributed by atoms with Crippen LogP contribution >= 0.6 is 0 Å². The molecule has 3 aromatic rings. The number of nitrogens with zero attached hydrogens (tertiary/aromatic N) is 2. The second kappa shape index (κ2) is 7.13. The molecule has 0 aliphatic carbocycles. The molecule has 0 unspecified atom stereocenters. The zero-order chi connectivity index (χ0) is 17.8. The fourth-order valence-electron chi connectivity index (χ4n) is 2.50. The highest BCUT2D eigenvalue weighted by atomic mass is 19.1. The van der Waals surface area contributed by atoms with Crippen molar-refractivity contribution in [1.29, 1.82) is 0 Å². The van der Waals surface area contributed by atoms with Crippen LogP contribution in [0, 0.1) is 12.7 Å². The summed E-state index contributed by atoms with van der Waals surface area (Å²) in [5.41, 5.74) is 2.78. The Morgan fingerprint density at radius 1 is 1.20 bits per heavy atom. The van der Waals surface area contributed by atoms with Crippen LogP contribution in [0.4, 0.5) is 4.39 Å². The molecule has 0 N–H and O–H groups in total. The molecule has 0 aliphatic heterocycles. The van der Waals surface area contributed by atoms with Crippen LogP contribution in [0.2, 0.25) is 0 Å². The van der Waals surface area contributed by atoms with Crippen LogP contribution < -0.4 is 4.74 Å². The van der Waals surface area contributed by atoms with Gasteiger partial charge in [-0.3, -0.25) is 4.79 Å². The molecular formula is C20H17FN2O2. The summed E-state index contributed by atoms with van der Waals surface area (Å²) in [7, 11) is 1.60. The van der Waals surface area contributed by atoms with Crippen LogP contribution in [-0.2, 0) is 0 Å². The van der Waals surface area contributed by atoms with Gasteiger partial charge in [0.2, 0.25) is 0 Å². The Balaban J connectivity index is 1.83. The van der Waals surface area contributed by atoms with E-state index in [1.54, 1.807) is 30.0 Å². The van der Waals surface area contributed by atoms with Crippen LogP contribution in [0.1, 0.15) is 21.6 Å². The number of aromatic nitrogens is 2. The number of hydrogen-bond donors (Lipinski definition) is 0. The highest BCUT2D eigenvalue weighted by molar-refractivity contribution is 6.07. The minimum absolute atomic E-state index is 0.145. The molecule has 126 valence electrons. The normalized spacial score (nSPS) is 11.0. The average molecular weight is 336 g/mol. The smallest absolute Gasteiger partial charge is 0.189 e. The largest absolute Gasteiger partial charge is 0.497 e. The molecule has 0 fully saturated rings. The van der Waals surface area contributed by atoms with Gasteiger partial charge in [-0.1, -0.05) is 18.2 Å². The second-order valence-corrected chi connectivity index (χ2v) is 5.51. The van der Waals surface area contributed by atoms with Crippen molar-refractivity contribution in [1.82, 2.24) is 9.78 Å². The Hall–Kier alpha value is -3.21. The molecule has 1 heterocycles. The number of benzene rings is 2. The zero-order valence-electron chi connectivity index (χ0n) is 13.9. The van der Waals surface area contributed by atoms with Crippen LogP contribution in [0.5, 0.6) is 5.75 Å². The second-order valence-electron chi connectivity index (χ2n) is 5.51. The van der Waals surface area contributed by atoms with Gasteiger partial charge in [0, 0.05) is 0 Å². The van der Waals surface area contributed by atoms with Crippen molar-refractivity contribution in [2.24, 2.45) is 0 Å². The monoisotopic (exact) mass is 336 g/mol. The molecule has 2 aromatic carbocycles. The molecule has 4 nitrogen and oxygen atoms in total. The van der Waals surface area contributed by atoms with Gasteiger partial charge in [-0.05, 0) is 55.0 Å². The van der Waals surface area contributed by atoms with E-state index < -0.39 is 0 Å². The van der Waals surface area contributed by atoms with Crippen LogP contribution in [0.15, 0.2) is 60.8 Å². The number of hydrogen-bond acceptors (Lipinski definition) is 3. The molecule has 0 saturated heterocycles. The number of carbonyl (C=O) groups is 1. The summed E-state index contributed by atoms with van der Waals surface area (Å²) in [5.74, 6) is 0.273. The standard InChI is InChI=1S/C20H17FN2O2/c1-14-19(13-22-23(14)17-9-7-16(21)8-10-17)20(24)11-6-15-4-3-5-18(12-15)25-2/h3-13H,1-2H3. The van der Waals surface area contributed by atoms with E-state index in [0.29, 0.717) is 16.9 Å². The first-order valence-electron chi connectivity index (χ1n) is 7.75. The summed E-state index contributed by atoms with van der Waals surface area (Å²) in [6, 6.07) is 13.4. The number of halogens is 1. The Labute approximate surface area is 145 Å². The molecule has 0 bridgehead atoms. The zero-order valence-corrected chi connectivity index (χ0v) is 13.9. The maximum atomic E-state index is 13.1. The molecule has 0 saturated carbocycles. The van der Waals surface area contributed by atoms with Crippen molar-refractivity contribution in [3.05, 3.63) is 83.4 Å². The maximum absolute atomic E-state index is 13.1. The number of ether oxygens (including phenoxy) is 1.